The van der Waals surface area contributed by atoms with Crippen LogP contribution in [-0.2, 0) is 6.18 Å². The molecule has 0 radical (unpaired) electrons. The van der Waals surface area contributed by atoms with Gasteiger partial charge in [0.15, 0.2) is 5.65 Å². The highest BCUT2D eigenvalue weighted by molar-refractivity contribution is 5.96. The third-order valence-corrected chi connectivity index (χ3v) is 8.39. The number of amides is 1. The Balaban J connectivity index is 1.41. The van der Waals surface area contributed by atoms with Gasteiger partial charge in [-0.2, -0.15) is 13.2 Å². The molecule has 198 valence electrons. The van der Waals surface area contributed by atoms with Gasteiger partial charge in [-0.1, -0.05) is 12.1 Å². The maximum Gasteiger partial charge on any atom is 0.416 e. The molecule has 37 heavy (non-hydrogen) atoms. The molecule has 0 aliphatic carbocycles. The number of hydrogen-bond donors (Lipinski definition) is 1. The lowest BCUT2D eigenvalue weighted by Crippen LogP contribution is -2.50. The van der Waals surface area contributed by atoms with Crippen molar-refractivity contribution in [1.29, 1.82) is 0 Å². The molecule has 2 aliphatic heterocycles. The van der Waals surface area contributed by atoms with Gasteiger partial charge in [-0.15, -0.1) is 10.2 Å². The van der Waals surface area contributed by atoms with Crippen LogP contribution in [0, 0.1) is 13.8 Å². The van der Waals surface area contributed by atoms with Crippen LogP contribution in [-0.4, -0.2) is 57.6 Å². The summed E-state index contributed by atoms with van der Waals surface area (Å²) >= 11 is 0. The largest absolute Gasteiger partial charge is 0.416 e. The van der Waals surface area contributed by atoms with Gasteiger partial charge in [0.05, 0.1) is 22.9 Å². The molecule has 2 aliphatic rings. The predicted molar refractivity (Wildman–Crippen MR) is 136 cm³/mol. The first-order chi connectivity index (χ1) is 17.5. The van der Waals surface area contributed by atoms with E-state index in [1.54, 1.807) is 19.2 Å². The average molecular weight is 515 g/mol. The van der Waals surface area contributed by atoms with E-state index in [0.29, 0.717) is 22.6 Å². The van der Waals surface area contributed by atoms with Crippen LogP contribution >= 0.6 is 0 Å². The number of aryl methyl sites for hydroxylation is 1. The first kappa shape index (κ1) is 25.5. The summed E-state index contributed by atoms with van der Waals surface area (Å²) in [7, 11) is 2.21. The molecule has 1 N–H and O–H groups in total. The summed E-state index contributed by atoms with van der Waals surface area (Å²) in [5.74, 6) is 0.307. The Morgan fingerprint density at radius 2 is 1.84 bits per heavy atom. The molecule has 3 aromatic rings. The van der Waals surface area contributed by atoms with Crippen LogP contribution in [0.3, 0.4) is 0 Å². The second-order valence-electron chi connectivity index (χ2n) is 10.5. The number of hydrogen-bond acceptors (Lipinski definition) is 5. The van der Waals surface area contributed by atoms with E-state index in [4.69, 9.17) is 0 Å². The summed E-state index contributed by atoms with van der Waals surface area (Å²) in [5.41, 5.74) is 2.09. The number of benzene rings is 1. The summed E-state index contributed by atoms with van der Waals surface area (Å²) in [4.78, 5) is 18.1. The summed E-state index contributed by atoms with van der Waals surface area (Å²) in [6.45, 7) is 7.82. The van der Waals surface area contributed by atoms with Gasteiger partial charge in [0.2, 0.25) is 0 Å². The van der Waals surface area contributed by atoms with Gasteiger partial charge >= 0.3 is 6.18 Å². The zero-order valence-corrected chi connectivity index (χ0v) is 21.7. The van der Waals surface area contributed by atoms with Crippen molar-refractivity contribution in [3.05, 3.63) is 58.5 Å². The standard InChI is InChI=1S/C27H33F3N6O/c1-17-21(7-5-8-22(17)27(28,29)30)18(2)31-25(37)20-15-23(24-33-32-19(3)36(24)16-20)35-13-10-26(11-14-35)9-6-12-34(26)4/h5,7-8,15-16,18H,6,9-14H2,1-4H3,(H,31,37)/t18-/m1/s1. The topological polar surface area (TPSA) is 65.8 Å². The van der Waals surface area contributed by atoms with Crippen LogP contribution in [0.25, 0.3) is 5.65 Å². The number of halogens is 3. The smallest absolute Gasteiger partial charge is 0.368 e. The lowest BCUT2D eigenvalue weighted by molar-refractivity contribution is -0.138. The first-order valence-corrected chi connectivity index (χ1v) is 12.8. The van der Waals surface area contributed by atoms with E-state index in [1.165, 1.54) is 25.8 Å². The number of anilines is 1. The number of carbonyl (C=O) groups excluding carboxylic acids is 1. The Hall–Kier alpha value is -3.14. The average Bonchev–Trinajstić information content (AvgIpc) is 3.40. The van der Waals surface area contributed by atoms with Crippen LogP contribution in [0.5, 0.6) is 0 Å². The number of likely N-dealkylation sites (tertiary alicyclic amines) is 1. The second kappa shape index (κ2) is 9.31. The van der Waals surface area contributed by atoms with Gasteiger partial charge in [0, 0.05) is 24.8 Å². The quantitative estimate of drug-likeness (QED) is 0.536. The van der Waals surface area contributed by atoms with Gasteiger partial charge in [-0.05, 0) is 83.3 Å². The number of piperidine rings is 1. The molecule has 2 aromatic heterocycles. The molecule has 1 aromatic carbocycles. The number of rotatable bonds is 4. The number of aromatic nitrogens is 3. The van der Waals surface area contributed by atoms with E-state index >= 15 is 0 Å². The Bertz CT molecular complexity index is 1330. The van der Waals surface area contributed by atoms with Crippen molar-refractivity contribution in [3.63, 3.8) is 0 Å². The molecule has 1 atom stereocenters. The molecule has 0 unspecified atom stereocenters. The van der Waals surface area contributed by atoms with Crippen molar-refractivity contribution >= 4 is 17.2 Å². The number of nitrogens with one attached hydrogen (secondary N) is 1. The highest BCUT2D eigenvalue weighted by Crippen LogP contribution is 2.39. The van der Waals surface area contributed by atoms with Crippen molar-refractivity contribution in [2.24, 2.45) is 0 Å². The van der Waals surface area contributed by atoms with Crippen LogP contribution < -0.4 is 10.2 Å². The molecule has 2 saturated heterocycles. The molecule has 5 rings (SSSR count). The summed E-state index contributed by atoms with van der Waals surface area (Å²) in [6, 6.07) is 5.29. The summed E-state index contributed by atoms with van der Waals surface area (Å²) in [6.07, 6.45) is 1.78. The number of fused-ring (bicyclic) bond motifs is 1. The Morgan fingerprint density at radius 3 is 2.49 bits per heavy atom. The highest BCUT2D eigenvalue weighted by atomic mass is 19.4. The van der Waals surface area contributed by atoms with Crippen LogP contribution in [0.2, 0.25) is 0 Å². The van der Waals surface area contributed by atoms with Gasteiger partial charge in [0.25, 0.3) is 5.91 Å². The summed E-state index contributed by atoms with van der Waals surface area (Å²) < 4.78 is 42.0. The molecule has 0 saturated carbocycles. The van der Waals surface area contributed by atoms with Crippen LogP contribution in [0.15, 0.2) is 30.5 Å². The zero-order valence-electron chi connectivity index (χ0n) is 21.7. The highest BCUT2D eigenvalue weighted by Gasteiger charge is 2.41. The van der Waals surface area contributed by atoms with Crippen molar-refractivity contribution < 1.29 is 18.0 Å². The first-order valence-electron chi connectivity index (χ1n) is 12.8. The van der Waals surface area contributed by atoms with Crippen LogP contribution in [0.1, 0.15) is 71.5 Å². The minimum absolute atomic E-state index is 0.118. The van der Waals surface area contributed by atoms with Crippen molar-refractivity contribution in [3.8, 4) is 0 Å². The molecule has 10 heteroatoms. The minimum atomic E-state index is -4.45. The van der Waals surface area contributed by atoms with Crippen molar-refractivity contribution in [1.82, 2.24) is 24.8 Å². The monoisotopic (exact) mass is 514 g/mol. The van der Waals surface area contributed by atoms with E-state index in [1.807, 2.05) is 17.4 Å². The van der Waals surface area contributed by atoms with Gasteiger partial charge < -0.3 is 15.1 Å². The lowest BCUT2D eigenvalue weighted by Gasteiger charge is -2.44. The van der Waals surface area contributed by atoms with E-state index < -0.39 is 17.8 Å². The maximum atomic E-state index is 13.4. The molecule has 1 amide bonds. The Labute approximate surface area is 214 Å². The fraction of sp³-hybridized carbons (Fsp3) is 0.519. The Kier molecular flexibility index (Phi) is 6.42. The van der Waals surface area contributed by atoms with E-state index in [0.717, 1.165) is 44.2 Å². The lowest BCUT2D eigenvalue weighted by atomic mass is 9.85. The maximum absolute atomic E-state index is 13.4. The van der Waals surface area contributed by atoms with E-state index in [-0.39, 0.29) is 17.0 Å². The molecule has 1 spiro atoms. The SMILES string of the molecule is Cc1c([C@@H](C)NC(=O)c2cc(N3CCC4(CCCN4C)CC3)c3nnc(C)n3c2)cccc1C(F)(F)F. The van der Waals surface area contributed by atoms with Gasteiger partial charge in [-0.25, -0.2) is 0 Å². The van der Waals surface area contributed by atoms with Gasteiger partial charge in [-0.3, -0.25) is 9.20 Å². The zero-order chi connectivity index (χ0) is 26.5. The van der Waals surface area contributed by atoms with Crippen molar-refractivity contribution in [2.45, 2.75) is 64.2 Å². The molecule has 7 nitrogen and oxygen atoms in total. The van der Waals surface area contributed by atoms with Crippen molar-refractivity contribution in [2.75, 3.05) is 31.6 Å². The summed E-state index contributed by atoms with van der Waals surface area (Å²) in [5, 5.41) is 11.5. The molecule has 0 bridgehead atoms. The van der Waals surface area contributed by atoms with E-state index in [9.17, 15) is 18.0 Å². The number of nitrogens with zero attached hydrogens (tertiary/aromatic N) is 5. The molecular formula is C27H33F3N6O. The fourth-order valence-electron chi connectivity index (χ4n) is 6.10. The number of pyridine rings is 1. The van der Waals surface area contributed by atoms with Gasteiger partial charge in [0.1, 0.15) is 5.82 Å². The fourth-order valence-corrected chi connectivity index (χ4v) is 6.10. The third kappa shape index (κ3) is 4.56. The Morgan fingerprint density at radius 1 is 1.11 bits per heavy atom. The number of alkyl halides is 3. The van der Waals surface area contributed by atoms with E-state index in [2.05, 4.69) is 32.4 Å². The molecule has 4 heterocycles. The third-order valence-electron chi connectivity index (χ3n) is 8.39. The molecular weight excluding hydrogens is 481 g/mol. The predicted octanol–water partition coefficient (Wildman–Crippen LogP) is 4.92. The van der Waals surface area contributed by atoms with Crippen LogP contribution in [0.4, 0.5) is 18.9 Å². The second-order valence-corrected chi connectivity index (χ2v) is 10.5. The molecule has 2 fully saturated rings. The normalized spacial score (nSPS) is 19.1. The minimum Gasteiger partial charge on any atom is -0.368 e. The number of carbonyl (C=O) groups is 1.